The normalized spacial score (nSPS) is 12.4. The zero-order chi connectivity index (χ0) is 16.5. The molecule has 2 aromatic heterocycles. The monoisotopic (exact) mass is 337 g/mol. The first-order valence-corrected chi connectivity index (χ1v) is 8.47. The van der Waals surface area contributed by atoms with Gasteiger partial charge in [-0.05, 0) is 24.6 Å². The second kappa shape index (κ2) is 5.98. The third-order valence-corrected chi connectivity index (χ3v) is 4.63. The van der Waals surface area contributed by atoms with Gasteiger partial charge in [0.15, 0.2) is 10.7 Å². The SMILES string of the molecule is C[C@@H](Nc1nc(-c2ccc3[nH]c(=O)oc3c2)cs1)c1ccccc1. The van der Waals surface area contributed by atoms with Crippen LogP contribution in [0.1, 0.15) is 18.5 Å². The number of benzene rings is 2. The number of fused-ring (bicyclic) bond motifs is 1. The van der Waals surface area contributed by atoms with Crippen molar-refractivity contribution in [3.8, 4) is 11.3 Å². The molecule has 0 saturated carbocycles. The molecule has 0 bridgehead atoms. The van der Waals surface area contributed by atoms with E-state index in [1.54, 1.807) is 11.3 Å². The van der Waals surface area contributed by atoms with E-state index in [4.69, 9.17) is 4.42 Å². The number of aromatic nitrogens is 2. The number of H-pyrrole nitrogens is 1. The first kappa shape index (κ1) is 14.7. The van der Waals surface area contributed by atoms with Gasteiger partial charge in [0.2, 0.25) is 0 Å². The molecular formula is C18H15N3O2S. The minimum atomic E-state index is -0.445. The van der Waals surface area contributed by atoms with Crippen molar-refractivity contribution >= 4 is 27.6 Å². The molecule has 2 heterocycles. The average Bonchev–Trinajstić information content (AvgIpc) is 3.20. The Kier molecular flexibility index (Phi) is 3.66. The largest absolute Gasteiger partial charge is 0.417 e. The highest BCUT2D eigenvalue weighted by atomic mass is 32.1. The minimum Gasteiger partial charge on any atom is -0.408 e. The van der Waals surface area contributed by atoms with Crippen LogP contribution in [0.15, 0.2) is 63.1 Å². The lowest BCUT2D eigenvalue weighted by Gasteiger charge is -2.12. The number of rotatable bonds is 4. The second-order valence-corrected chi connectivity index (χ2v) is 6.40. The molecule has 5 nitrogen and oxygen atoms in total. The number of nitrogens with one attached hydrogen (secondary N) is 2. The van der Waals surface area contributed by atoms with Crippen molar-refractivity contribution in [1.29, 1.82) is 0 Å². The fourth-order valence-corrected chi connectivity index (χ4v) is 3.40. The van der Waals surface area contributed by atoms with Crippen molar-refractivity contribution in [2.45, 2.75) is 13.0 Å². The summed E-state index contributed by atoms with van der Waals surface area (Å²) in [6.45, 7) is 2.11. The molecule has 0 saturated heterocycles. The molecule has 0 radical (unpaired) electrons. The first-order chi connectivity index (χ1) is 11.7. The molecule has 120 valence electrons. The molecule has 0 aliphatic rings. The lowest BCUT2D eigenvalue weighted by Crippen LogP contribution is -2.05. The van der Waals surface area contributed by atoms with Crippen LogP contribution < -0.4 is 11.1 Å². The Morgan fingerprint density at radius 1 is 1.21 bits per heavy atom. The quantitative estimate of drug-likeness (QED) is 0.578. The number of anilines is 1. The predicted molar refractivity (Wildman–Crippen MR) is 96.4 cm³/mol. The van der Waals surface area contributed by atoms with Crippen LogP contribution in [-0.2, 0) is 0 Å². The van der Waals surface area contributed by atoms with Crippen LogP contribution >= 0.6 is 11.3 Å². The molecule has 4 aromatic rings. The highest BCUT2D eigenvalue weighted by molar-refractivity contribution is 7.14. The van der Waals surface area contributed by atoms with Gasteiger partial charge < -0.3 is 9.73 Å². The maximum absolute atomic E-state index is 11.3. The molecule has 0 aliphatic heterocycles. The van der Waals surface area contributed by atoms with Crippen molar-refractivity contribution in [3.05, 3.63) is 70.0 Å². The molecule has 2 aromatic carbocycles. The fourth-order valence-electron chi connectivity index (χ4n) is 2.59. The summed E-state index contributed by atoms with van der Waals surface area (Å²) >= 11 is 1.56. The number of hydrogen-bond donors (Lipinski definition) is 2. The second-order valence-electron chi connectivity index (χ2n) is 5.54. The Hall–Kier alpha value is -2.86. The summed E-state index contributed by atoms with van der Waals surface area (Å²) in [5, 5.41) is 6.27. The summed E-state index contributed by atoms with van der Waals surface area (Å²) in [4.78, 5) is 18.5. The zero-order valence-electron chi connectivity index (χ0n) is 12.9. The molecule has 0 amide bonds. The Balaban J connectivity index is 1.58. The van der Waals surface area contributed by atoms with Gasteiger partial charge >= 0.3 is 5.76 Å². The minimum absolute atomic E-state index is 0.176. The molecule has 1 atom stereocenters. The van der Waals surface area contributed by atoms with E-state index < -0.39 is 5.76 Å². The summed E-state index contributed by atoms with van der Waals surface area (Å²) in [7, 11) is 0. The molecule has 6 heteroatoms. The highest BCUT2D eigenvalue weighted by Gasteiger charge is 2.10. The Morgan fingerprint density at radius 2 is 2.04 bits per heavy atom. The number of thiazole rings is 1. The Morgan fingerprint density at radius 3 is 2.88 bits per heavy atom. The summed E-state index contributed by atoms with van der Waals surface area (Å²) in [6, 6.07) is 16.0. The van der Waals surface area contributed by atoms with E-state index in [9.17, 15) is 4.79 Å². The molecule has 0 unspecified atom stereocenters. The van der Waals surface area contributed by atoms with Gasteiger partial charge in [0, 0.05) is 10.9 Å². The third kappa shape index (κ3) is 2.83. The number of nitrogens with zero attached hydrogens (tertiary/aromatic N) is 1. The third-order valence-electron chi connectivity index (χ3n) is 3.86. The van der Waals surface area contributed by atoms with Crippen molar-refractivity contribution in [2.75, 3.05) is 5.32 Å². The maximum Gasteiger partial charge on any atom is 0.417 e. The smallest absolute Gasteiger partial charge is 0.408 e. The molecular weight excluding hydrogens is 322 g/mol. The van der Waals surface area contributed by atoms with Gasteiger partial charge in [-0.1, -0.05) is 36.4 Å². The average molecular weight is 337 g/mol. The van der Waals surface area contributed by atoms with Crippen molar-refractivity contribution < 1.29 is 4.42 Å². The maximum atomic E-state index is 11.3. The Bertz CT molecular complexity index is 1030. The molecule has 4 rings (SSSR count). The molecule has 0 spiro atoms. The van der Waals surface area contributed by atoms with Gasteiger partial charge in [0.05, 0.1) is 17.3 Å². The fraction of sp³-hybridized carbons (Fsp3) is 0.111. The summed E-state index contributed by atoms with van der Waals surface area (Å²) in [6.07, 6.45) is 0. The molecule has 2 N–H and O–H groups in total. The van der Waals surface area contributed by atoms with Gasteiger partial charge in [-0.25, -0.2) is 9.78 Å². The van der Waals surface area contributed by atoms with Crippen molar-refractivity contribution in [3.63, 3.8) is 0 Å². The van der Waals surface area contributed by atoms with E-state index in [1.165, 1.54) is 5.56 Å². The van der Waals surface area contributed by atoms with E-state index in [2.05, 4.69) is 34.3 Å². The molecule has 24 heavy (non-hydrogen) atoms. The summed E-state index contributed by atoms with van der Waals surface area (Å²) < 4.78 is 5.11. The van der Waals surface area contributed by atoms with E-state index in [-0.39, 0.29) is 6.04 Å². The van der Waals surface area contributed by atoms with Gasteiger partial charge in [-0.15, -0.1) is 11.3 Å². The summed E-state index contributed by atoms with van der Waals surface area (Å²) in [5.74, 6) is -0.445. The van der Waals surface area contributed by atoms with Crippen LogP contribution in [0.3, 0.4) is 0 Å². The van der Waals surface area contributed by atoms with E-state index >= 15 is 0 Å². The topological polar surface area (TPSA) is 70.9 Å². The lowest BCUT2D eigenvalue weighted by molar-refractivity contribution is 0.555. The zero-order valence-corrected chi connectivity index (χ0v) is 13.8. The van der Waals surface area contributed by atoms with Gasteiger partial charge in [-0.2, -0.15) is 0 Å². The Labute approximate surface area is 142 Å². The van der Waals surface area contributed by atoms with Crippen molar-refractivity contribution in [1.82, 2.24) is 9.97 Å². The van der Waals surface area contributed by atoms with Crippen LogP contribution in [0.4, 0.5) is 5.13 Å². The lowest BCUT2D eigenvalue weighted by atomic mass is 10.1. The number of oxazole rings is 1. The van der Waals surface area contributed by atoms with Crippen LogP contribution in [0.5, 0.6) is 0 Å². The van der Waals surface area contributed by atoms with Crippen LogP contribution in [-0.4, -0.2) is 9.97 Å². The highest BCUT2D eigenvalue weighted by Crippen LogP contribution is 2.29. The van der Waals surface area contributed by atoms with E-state index in [1.807, 2.05) is 41.8 Å². The van der Waals surface area contributed by atoms with Crippen LogP contribution in [0.2, 0.25) is 0 Å². The van der Waals surface area contributed by atoms with Gasteiger partial charge in [-0.3, -0.25) is 4.98 Å². The molecule has 0 aliphatic carbocycles. The molecule has 0 fully saturated rings. The van der Waals surface area contributed by atoms with Crippen LogP contribution in [0.25, 0.3) is 22.4 Å². The summed E-state index contributed by atoms with van der Waals surface area (Å²) in [5.41, 5.74) is 4.22. The number of aromatic amines is 1. The van der Waals surface area contributed by atoms with Gasteiger partial charge in [0.1, 0.15) is 0 Å². The van der Waals surface area contributed by atoms with E-state index in [0.717, 1.165) is 16.4 Å². The number of hydrogen-bond acceptors (Lipinski definition) is 5. The van der Waals surface area contributed by atoms with Crippen molar-refractivity contribution in [2.24, 2.45) is 0 Å². The van der Waals surface area contributed by atoms with Gasteiger partial charge in [0.25, 0.3) is 0 Å². The predicted octanol–water partition coefficient (Wildman–Crippen LogP) is 4.42. The van der Waals surface area contributed by atoms with E-state index in [0.29, 0.717) is 11.1 Å². The van der Waals surface area contributed by atoms with Crippen LogP contribution in [0, 0.1) is 0 Å². The standard InChI is InChI=1S/C18H15N3O2S/c1-11(12-5-3-2-4-6-12)19-17-20-15(10-24-17)13-7-8-14-16(9-13)23-18(22)21-14/h2-11H,1H3,(H,19,20)(H,21,22)/t11-/m1/s1. The first-order valence-electron chi connectivity index (χ1n) is 7.59.